The van der Waals surface area contributed by atoms with Gasteiger partial charge in [-0.15, -0.1) is 6.58 Å². The maximum Gasteiger partial charge on any atom is 0.463 e. The summed E-state index contributed by atoms with van der Waals surface area (Å²) in [6, 6.07) is 18.0. The molecule has 0 amide bonds. The van der Waals surface area contributed by atoms with Crippen molar-refractivity contribution in [2.75, 3.05) is 7.11 Å². The summed E-state index contributed by atoms with van der Waals surface area (Å²) >= 11 is 0. The second kappa shape index (κ2) is 9.49. The van der Waals surface area contributed by atoms with Crippen molar-refractivity contribution >= 4 is 18.6 Å². The molecule has 31 heavy (non-hydrogen) atoms. The topological polar surface area (TPSA) is 87.9 Å². The second-order valence-electron chi connectivity index (χ2n) is 6.67. The summed E-state index contributed by atoms with van der Waals surface area (Å²) in [7, 11) is -2.61. The molecule has 3 rings (SSSR count). The third-order valence-corrected chi connectivity index (χ3v) is 6.29. The Morgan fingerprint density at radius 1 is 1.03 bits per heavy atom. The van der Waals surface area contributed by atoms with Gasteiger partial charge in [0.15, 0.2) is 11.5 Å². The first-order chi connectivity index (χ1) is 14.9. The fourth-order valence-electron chi connectivity index (χ4n) is 2.96. The van der Waals surface area contributed by atoms with E-state index in [-0.39, 0.29) is 22.5 Å². The molecule has 0 aromatic heterocycles. The molecule has 0 aliphatic heterocycles. The van der Waals surface area contributed by atoms with Gasteiger partial charge in [0.2, 0.25) is 5.75 Å². The first kappa shape index (κ1) is 22.1. The molecule has 7 nitrogen and oxygen atoms in total. The maximum atomic E-state index is 14.0. The first-order valence-electron chi connectivity index (χ1n) is 9.44. The molecule has 0 aliphatic carbocycles. The average Bonchev–Trinajstić information content (AvgIpc) is 2.77. The van der Waals surface area contributed by atoms with E-state index in [0.717, 1.165) is 5.56 Å². The third-order valence-electron chi connectivity index (χ3n) is 4.50. The molecule has 3 aromatic rings. The van der Waals surface area contributed by atoms with Gasteiger partial charge >= 0.3 is 13.3 Å². The number of benzene rings is 3. The van der Waals surface area contributed by atoms with Crippen LogP contribution in [0.5, 0.6) is 17.2 Å². The van der Waals surface area contributed by atoms with E-state index in [0.29, 0.717) is 17.7 Å². The van der Waals surface area contributed by atoms with Crippen molar-refractivity contribution in [3.05, 3.63) is 101 Å². The summed E-state index contributed by atoms with van der Waals surface area (Å²) < 4.78 is 31.1. The van der Waals surface area contributed by atoms with Gasteiger partial charge < -0.3 is 13.8 Å². The van der Waals surface area contributed by atoms with Crippen molar-refractivity contribution in [3.8, 4) is 17.2 Å². The minimum absolute atomic E-state index is 0.109. The van der Waals surface area contributed by atoms with Crippen molar-refractivity contribution in [2.45, 2.75) is 13.3 Å². The molecule has 0 unspecified atom stereocenters. The van der Waals surface area contributed by atoms with Gasteiger partial charge in [0.1, 0.15) is 0 Å². The van der Waals surface area contributed by atoms with Gasteiger partial charge in [-0.2, -0.15) is 0 Å². The Hall–Kier alpha value is -3.57. The van der Waals surface area contributed by atoms with Gasteiger partial charge in [-0.1, -0.05) is 42.5 Å². The van der Waals surface area contributed by atoms with E-state index in [1.165, 1.54) is 19.2 Å². The van der Waals surface area contributed by atoms with Crippen LogP contribution in [0.3, 0.4) is 0 Å². The van der Waals surface area contributed by atoms with Crippen molar-refractivity contribution in [3.63, 3.8) is 0 Å². The monoisotopic (exact) mass is 439 g/mol. The molecular formula is C23H22NO6P. The lowest BCUT2D eigenvalue weighted by atomic mass is 10.1. The highest BCUT2D eigenvalue weighted by atomic mass is 31.2. The number of methoxy groups -OCH3 is 1. The highest BCUT2D eigenvalue weighted by Crippen LogP contribution is 2.52. The van der Waals surface area contributed by atoms with E-state index in [2.05, 4.69) is 6.58 Å². The summed E-state index contributed by atoms with van der Waals surface area (Å²) in [5, 5.41) is 11.8. The Bertz CT molecular complexity index is 1150. The van der Waals surface area contributed by atoms with Gasteiger partial charge in [-0.05, 0) is 48.7 Å². The molecule has 0 heterocycles. The Labute approximate surface area is 180 Å². The van der Waals surface area contributed by atoms with Gasteiger partial charge in [-0.25, -0.2) is 4.57 Å². The minimum atomic E-state index is -4.08. The number of rotatable bonds is 9. The molecule has 0 bridgehead atoms. The van der Waals surface area contributed by atoms with E-state index in [4.69, 9.17) is 13.8 Å². The summed E-state index contributed by atoms with van der Waals surface area (Å²) in [6.07, 6.45) is 2.38. The normalized spacial score (nSPS) is 12.5. The number of aryl methyl sites for hydroxylation is 1. The van der Waals surface area contributed by atoms with Crippen molar-refractivity contribution < 1.29 is 23.3 Å². The maximum absolute atomic E-state index is 14.0. The summed E-state index contributed by atoms with van der Waals surface area (Å²) in [6.45, 7) is 5.36. The molecule has 0 N–H and O–H groups in total. The number of ether oxygens (including phenoxy) is 1. The van der Waals surface area contributed by atoms with Crippen LogP contribution in [0.15, 0.2) is 79.4 Å². The Morgan fingerprint density at radius 2 is 1.77 bits per heavy atom. The van der Waals surface area contributed by atoms with Crippen LogP contribution in [0.1, 0.15) is 11.1 Å². The van der Waals surface area contributed by atoms with Crippen LogP contribution < -0.4 is 19.1 Å². The second-order valence-corrected chi connectivity index (χ2v) is 8.55. The van der Waals surface area contributed by atoms with Crippen LogP contribution in [0.4, 0.5) is 5.69 Å². The number of nitrogens with zero attached hydrogens (tertiary/aromatic N) is 1. The first-order valence-corrected chi connectivity index (χ1v) is 11.0. The molecule has 0 saturated carbocycles. The zero-order valence-electron chi connectivity index (χ0n) is 17.2. The predicted octanol–water partition coefficient (Wildman–Crippen LogP) is 5.62. The van der Waals surface area contributed by atoms with Gasteiger partial charge in [0.25, 0.3) is 0 Å². The van der Waals surface area contributed by atoms with E-state index < -0.39 is 12.5 Å². The van der Waals surface area contributed by atoms with Gasteiger partial charge in [0, 0.05) is 6.07 Å². The standard InChI is InChI=1S/C23H22NO6P/c1-4-9-18-14-15-21(22(16-18)28-3)29-31(27,19-11-6-5-7-12-19)30-23-17(2)10-8-13-20(23)24(25)26/h4-8,10-16H,1,9H2,2-3H3/t31-/m0/s1. The third kappa shape index (κ3) is 4.95. The highest BCUT2D eigenvalue weighted by Gasteiger charge is 2.35. The van der Waals surface area contributed by atoms with E-state index >= 15 is 0 Å². The molecule has 0 fully saturated rings. The SMILES string of the molecule is C=CCc1ccc(O[P@](=O)(Oc2c(C)cccc2[N+](=O)[O-])c2ccccc2)c(OC)c1. The number of hydrogen-bond acceptors (Lipinski definition) is 6. The van der Waals surface area contributed by atoms with Crippen molar-refractivity contribution in [1.29, 1.82) is 0 Å². The molecule has 8 heteroatoms. The van der Waals surface area contributed by atoms with E-state index in [1.807, 2.05) is 0 Å². The van der Waals surface area contributed by atoms with Crippen LogP contribution >= 0.6 is 7.60 Å². The highest BCUT2D eigenvalue weighted by molar-refractivity contribution is 7.63. The molecule has 0 spiro atoms. The van der Waals surface area contributed by atoms with E-state index in [9.17, 15) is 14.7 Å². The van der Waals surface area contributed by atoms with Crippen LogP contribution in [-0.2, 0) is 11.0 Å². The summed E-state index contributed by atoms with van der Waals surface area (Å²) in [5.74, 6) is 0.444. The predicted molar refractivity (Wildman–Crippen MR) is 120 cm³/mol. The smallest absolute Gasteiger partial charge is 0.463 e. The molecule has 160 valence electrons. The van der Waals surface area contributed by atoms with Crippen LogP contribution in [0.25, 0.3) is 0 Å². The molecule has 0 aliphatic rings. The molecule has 3 aromatic carbocycles. The lowest BCUT2D eigenvalue weighted by molar-refractivity contribution is -0.385. The summed E-state index contributed by atoms with van der Waals surface area (Å²) in [4.78, 5) is 10.9. The largest absolute Gasteiger partial charge is 0.493 e. The minimum Gasteiger partial charge on any atom is -0.493 e. The zero-order valence-corrected chi connectivity index (χ0v) is 18.1. The quantitative estimate of drug-likeness (QED) is 0.186. The molecular weight excluding hydrogens is 417 g/mol. The van der Waals surface area contributed by atoms with Crippen molar-refractivity contribution in [1.82, 2.24) is 0 Å². The Kier molecular flexibility index (Phi) is 6.78. The molecule has 0 radical (unpaired) electrons. The lowest BCUT2D eigenvalue weighted by Crippen LogP contribution is -2.15. The number of para-hydroxylation sites is 1. The summed E-state index contributed by atoms with van der Waals surface area (Å²) in [5.41, 5.74) is 1.10. The van der Waals surface area contributed by atoms with Crippen molar-refractivity contribution in [2.24, 2.45) is 0 Å². The zero-order chi connectivity index (χ0) is 22.4. The van der Waals surface area contributed by atoms with Crippen LogP contribution in [0.2, 0.25) is 0 Å². The van der Waals surface area contributed by atoms with Crippen LogP contribution in [0, 0.1) is 17.0 Å². The Balaban J connectivity index is 2.10. The van der Waals surface area contributed by atoms with Gasteiger partial charge in [-0.3, -0.25) is 10.1 Å². The van der Waals surface area contributed by atoms with E-state index in [1.54, 1.807) is 67.6 Å². The van der Waals surface area contributed by atoms with Gasteiger partial charge in [0.05, 0.1) is 17.3 Å². The number of nitro groups is 1. The lowest BCUT2D eigenvalue weighted by Gasteiger charge is -2.22. The Morgan fingerprint density at radius 3 is 2.42 bits per heavy atom. The van der Waals surface area contributed by atoms with Crippen LogP contribution in [-0.4, -0.2) is 12.0 Å². The number of hydrogen-bond donors (Lipinski definition) is 0. The molecule has 1 atom stereocenters. The fraction of sp³-hybridized carbons (Fsp3) is 0.130. The average molecular weight is 439 g/mol. The number of nitro benzene ring substituents is 1. The molecule has 0 saturated heterocycles. The fourth-order valence-corrected chi connectivity index (χ4v) is 4.64. The number of allylic oxidation sites excluding steroid dienone is 1.